The average Bonchev–Trinajstić information content (AvgIpc) is 3.31. The number of amides is 3. The van der Waals surface area contributed by atoms with Crippen molar-refractivity contribution in [3.63, 3.8) is 0 Å². The number of ether oxygens (including phenoxy) is 1. The predicted molar refractivity (Wildman–Crippen MR) is 108 cm³/mol. The molecule has 1 saturated heterocycles. The van der Waals surface area contributed by atoms with Gasteiger partial charge in [-0.25, -0.2) is 0 Å². The molecule has 1 aliphatic heterocycles. The van der Waals surface area contributed by atoms with Crippen LogP contribution in [0.15, 0.2) is 45.5 Å². The van der Waals surface area contributed by atoms with Crippen molar-refractivity contribution in [3.05, 3.63) is 52.4 Å². The zero-order valence-electron chi connectivity index (χ0n) is 16.1. The predicted octanol–water partition coefficient (Wildman–Crippen LogP) is 2.64. The third-order valence-electron chi connectivity index (χ3n) is 4.37. The van der Waals surface area contributed by atoms with Crippen molar-refractivity contribution in [2.24, 2.45) is 5.92 Å². The molecule has 29 heavy (non-hydrogen) atoms. The Morgan fingerprint density at radius 2 is 2.10 bits per heavy atom. The number of likely N-dealkylation sites (tertiary alicyclic amines) is 1. The van der Waals surface area contributed by atoms with Crippen LogP contribution in [0, 0.1) is 5.92 Å². The topological polar surface area (TPSA) is 101 Å². The Balaban J connectivity index is 1.52. The maximum absolute atomic E-state index is 12.4. The van der Waals surface area contributed by atoms with Gasteiger partial charge in [0.2, 0.25) is 11.8 Å². The Morgan fingerprint density at radius 1 is 1.31 bits per heavy atom. The number of carbonyl (C=O) groups is 3. The van der Waals surface area contributed by atoms with E-state index >= 15 is 0 Å². The molecule has 0 radical (unpaired) electrons. The van der Waals surface area contributed by atoms with Gasteiger partial charge in [-0.15, -0.1) is 0 Å². The lowest BCUT2D eigenvalue weighted by Crippen LogP contribution is -2.45. The van der Waals surface area contributed by atoms with Crippen LogP contribution in [0.1, 0.15) is 36.4 Å². The monoisotopic (exact) mass is 463 g/mol. The van der Waals surface area contributed by atoms with Crippen molar-refractivity contribution < 1.29 is 23.5 Å². The average molecular weight is 464 g/mol. The van der Waals surface area contributed by atoms with E-state index in [0.717, 1.165) is 0 Å². The Kier molecular flexibility index (Phi) is 6.58. The quantitative estimate of drug-likeness (QED) is 0.641. The molecule has 1 aromatic carbocycles. The van der Waals surface area contributed by atoms with Gasteiger partial charge in [0.15, 0.2) is 0 Å². The molecule has 0 aliphatic carbocycles. The number of hydrazine groups is 1. The minimum Gasteiger partial charge on any atom is -0.490 e. The summed E-state index contributed by atoms with van der Waals surface area (Å²) in [7, 11) is 0. The highest BCUT2D eigenvalue weighted by Crippen LogP contribution is 2.27. The van der Waals surface area contributed by atoms with Gasteiger partial charge in [0.1, 0.15) is 11.5 Å². The maximum Gasteiger partial charge on any atom is 0.269 e. The maximum atomic E-state index is 12.4. The molecular weight excluding hydrogens is 442 g/mol. The first-order chi connectivity index (χ1) is 13.8. The molecule has 1 unspecified atom stereocenters. The van der Waals surface area contributed by atoms with Gasteiger partial charge in [-0.1, -0.05) is 0 Å². The lowest BCUT2D eigenvalue weighted by Gasteiger charge is -2.15. The fourth-order valence-corrected chi connectivity index (χ4v) is 3.45. The summed E-state index contributed by atoms with van der Waals surface area (Å²) in [4.78, 5) is 38.4. The highest BCUT2D eigenvalue weighted by Gasteiger charge is 2.34. The Morgan fingerprint density at radius 3 is 2.76 bits per heavy atom. The van der Waals surface area contributed by atoms with Crippen LogP contribution < -0.4 is 15.6 Å². The zero-order chi connectivity index (χ0) is 21.0. The van der Waals surface area contributed by atoms with Crippen LogP contribution in [0.25, 0.3) is 0 Å². The normalized spacial score (nSPS) is 16.2. The largest absolute Gasteiger partial charge is 0.490 e. The van der Waals surface area contributed by atoms with E-state index in [9.17, 15) is 14.4 Å². The number of nitrogens with one attached hydrogen (secondary N) is 2. The third-order valence-corrected chi connectivity index (χ3v) is 4.99. The Bertz CT molecular complexity index is 898. The fraction of sp³-hybridized carbons (Fsp3) is 0.350. The van der Waals surface area contributed by atoms with Crippen LogP contribution in [0.3, 0.4) is 0 Å². The van der Waals surface area contributed by atoms with Crippen LogP contribution >= 0.6 is 15.9 Å². The summed E-state index contributed by atoms with van der Waals surface area (Å²) in [6, 6.07) is 8.42. The van der Waals surface area contributed by atoms with Gasteiger partial charge in [-0.05, 0) is 60.1 Å². The van der Waals surface area contributed by atoms with Gasteiger partial charge in [0, 0.05) is 18.5 Å². The lowest BCUT2D eigenvalue weighted by molar-refractivity contribution is -0.129. The first-order valence-electron chi connectivity index (χ1n) is 9.20. The van der Waals surface area contributed by atoms with Crippen molar-refractivity contribution in [2.45, 2.75) is 32.9 Å². The fourth-order valence-electron chi connectivity index (χ4n) is 2.98. The molecule has 2 heterocycles. The second kappa shape index (κ2) is 9.13. The molecule has 8 nitrogen and oxygen atoms in total. The highest BCUT2D eigenvalue weighted by molar-refractivity contribution is 9.10. The van der Waals surface area contributed by atoms with Crippen molar-refractivity contribution >= 4 is 33.7 Å². The molecule has 1 atom stereocenters. The van der Waals surface area contributed by atoms with E-state index in [1.165, 1.54) is 6.26 Å². The van der Waals surface area contributed by atoms with E-state index < -0.39 is 17.7 Å². The molecule has 0 saturated carbocycles. The summed E-state index contributed by atoms with van der Waals surface area (Å²) >= 11 is 3.37. The number of hydrogen-bond acceptors (Lipinski definition) is 5. The van der Waals surface area contributed by atoms with Gasteiger partial charge in [0.05, 0.1) is 29.3 Å². The summed E-state index contributed by atoms with van der Waals surface area (Å²) in [5, 5.41) is 0. The molecule has 2 aromatic rings. The van der Waals surface area contributed by atoms with Gasteiger partial charge in [-0.3, -0.25) is 25.2 Å². The van der Waals surface area contributed by atoms with Crippen LogP contribution in [0.5, 0.6) is 5.75 Å². The molecule has 9 heteroatoms. The van der Waals surface area contributed by atoms with Crippen LogP contribution in [0.4, 0.5) is 0 Å². The minimum atomic E-state index is -0.536. The van der Waals surface area contributed by atoms with Gasteiger partial charge in [-0.2, -0.15) is 0 Å². The minimum absolute atomic E-state index is 0.00624. The second-order valence-corrected chi connectivity index (χ2v) is 7.86. The molecule has 1 aromatic heterocycles. The second-order valence-electron chi connectivity index (χ2n) is 7.01. The van der Waals surface area contributed by atoms with E-state index in [2.05, 4.69) is 26.8 Å². The summed E-state index contributed by atoms with van der Waals surface area (Å²) < 4.78 is 11.5. The summed E-state index contributed by atoms with van der Waals surface area (Å²) in [5.41, 5.74) is 5.15. The van der Waals surface area contributed by atoms with Gasteiger partial charge >= 0.3 is 0 Å². The van der Waals surface area contributed by atoms with Gasteiger partial charge < -0.3 is 14.1 Å². The molecule has 1 aliphatic rings. The van der Waals surface area contributed by atoms with Gasteiger partial charge in [0.25, 0.3) is 5.91 Å². The molecule has 0 spiro atoms. The van der Waals surface area contributed by atoms with Crippen LogP contribution in [0.2, 0.25) is 0 Å². The van der Waals surface area contributed by atoms with E-state index in [0.29, 0.717) is 28.1 Å². The van der Waals surface area contributed by atoms with Crippen molar-refractivity contribution in [2.75, 3.05) is 6.54 Å². The summed E-state index contributed by atoms with van der Waals surface area (Å²) in [6.07, 6.45) is 1.64. The Hall–Kier alpha value is -2.81. The van der Waals surface area contributed by atoms with E-state index in [4.69, 9.17) is 9.15 Å². The molecule has 2 N–H and O–H groups in total. The van der Waals surface area contributed by atoms with E-state index in [1.54, 1.807) is 35.2 Å². The number of rotatable bonds is 6. The number of nitrogens with zero attached hydrogens (tertiary/aromatic N) is 1. The smallest absolute Gasteiger partial charge is 0.269 e. The number of furan rings is 1. The van der Waals surface area contributed by atoms with Crippen LogP contribution in [-0.2, 0) is 16.1 Å². The lowest BCUT2D eigenvalue weighted by atomic mass is 10.1. The standard InChI is InChI=1S/C20H22BrN3O5/c1-12(2)29-17-6-5-13(8-16(17)21)19(26)22-23-20(27)14-9-18(25)24(10-14)11-15-4-3-7-28-15/h3-8,12,14H,9-11H2,1-2H3,(H,22,26)(H,23,27). The molecule has 3 rings (SSSR count). The van der Waals surface area contributed by atoms with E-state index in [-0.39, 0.29) is 25.0 Å². The SMILES string of the molecule is CC(C)Oc1ccc(C(=O)NNC(=O)C2CC(=O)N(Cc3ccco3)C2)cc1Br. The third kappa shape index (κ3) is 5.38. The Labute approximate surface area is 176 Å². The van der Waals surface area contributed by atoms with Crippen molar-refractivity contribution in [1.29, 1.82) is 0 Å². The number of hydrogen-bond donors (Lipinski definition) is 2. The molecular formula is C20H22BrN3O5. The molecule has 0 bridgehead atoms. The van der Waals surface area contributed by atoms with Crippen molar-refractivity contribution in [3.8, 4) is 5.75 Å². The summed E-state index contributed by atoms with van der Waals surface area (Å²) in [6.45, 7) is 4.41. The first-order valence-corrected chi connectivity index (χ1v) is 9.99. The zero-order valence-corrected chi connectivity index (χ0v) is 17.7. The van der Waals surface area contributed by atoms with Crippen LogP contribution in [-0.4, -0.2) is 35.3 Å². The number of carbonyl (C=O) groups excluding carboxylic acids is 3. The first kappa shape index (κ1) is 20.9. The number of halogens is 1. The highest BCUT2D eigenvalue weighted by atomic mass is 79.9. The molecule has 154 valence electrons. The number of benzene rings is 1. The summed E-state index contributed by atoms with van der Waals surface area (Å²) in [5.74, 6) is -0.256. The molecule has 1 fully saturated rings. The van der Waals surface area contributed by atoms with Crippen molar-refractivity contribution in [1.82, 2.24) is 15.8 Å². The molecule has 3 amide bonds. The van der Waals surface area contributed by atoms with E-state index in [1.807, 2.05) is 13.8 Å².